The molecule has 5 heteroatoms. The molecule has 0 saturated carbocycles. The number of nitrogens with one attached hydrogen (secondary N) is 1. The van der Waals surface area contributed by atoms with Crippen LogP contribution >= 0.6 is 0 Å². The molecule has 0 amide bonds. The summed E-state index contributed by atoms with van der Waals surface area (Å²) in [7, 11) is 1.38. The van der Waals surface area contributed by atoms with Gasteiger partial charge < -0.3 is 14.2 Å². The summed E-state index contributed by atoms with van der Waals surface area (Å²) in [6, 6.07) is 0.171. The summed E-state index contributed by atoms with van der Waals surface area (Å²) in [6.07, 6.45) is 0. The van der Waals surface area contributed by atoms with E-state index >= 15 is 0 Å². The van der Waals surface area contributed by atoms with Crippen LogP contribution in [0.4, 0.5) is 0 Å². The number of carbonyl (C=O) groups excluding carboxylic acids is 1. The molecule has 0 radical (unpaired) electrons. The van der Waals surface area contributed by atoms with E-state index in [4.69, 9.17) is 14.2 Å². The molecule has 1 N–H and O–H groups in total. The number of hydrogen-bond acceptors (Lipinski definition) is 5. The molecule has 0 aliphatic heterocycles. The van der Waals surface area contributed by atoms with Gasteiger partial charge in [-0.1, -0.05) is 13.8 Å². The first-order valence-electron chi connectivity index (χ1n) is 6.83. The summed E-state index contributed by atoms with van der Waals surface area (Å²) in [5, 5.41) is 3.18. The molecule has 5 nitrogen and oxygen atoms in total. The maximum Gasteiger partial charge on any atom is 0.328 e. The number of hydrogen-bond donors (Lipinski definition) is 1. The summed E-state index contributed by atoms with van der Waals surface area (Å²) >= 11 is 0. The fourth-order valence-electron chi connectivity index (χ4n) is 1.74. The van der Waals surface area contributed by atoms with Gasteiger partial charge in [-0.25, -0.2) is 4.79 Å². The van der Waals surface area contributed by atoms with Gasteiger partial charge in [0.2, 0.25) is 0 Å². The van der Waals surface area contributed by atoms with Crippen molar-refractivity contribution < 1.29 is 19.0 Å². The standard InChI is InChI=1S/C14H29NO4/c1-11(2)9-18-7-8-19-10-14(5,13(16)17-6)15-12(3)4/h11-12,15H,7-10H2,1-6H3. The van der Waals surface area contributed by atoms with Crippen molar-refractivity contribution >= 4 is 5.97 Å². The maximum absolute atomic E-state index is 11.8. The predicted octanol–water partition coefficient (Wildman–Crippen LogP) is 1.61. The Hall–Kier alpha value is -0.650. The lowest BCUT2D eigenvalue weighted by Crippen LogP contribution is -2.56. The van der Waals surface area contributed by atoms with Crippen LogP contribution in [0, 0.1) is 5.92 Å². The van der Waals surface area contributed by atoms with Crippen molar-refractivity contribution in [3.8, 4) is 0 Å². The lowest BCUT2D eigenvalue weighted by molar-refractivity contribution is -0.151. The third kappa shape index (κ3) is 8.18. The Balaban J connectivity index is 4.03. The fraction of sp³-hybridized carbons (Fsp3) is 0.929. The van der Waals surface area contributed by atoms with E-state index in [1.807, 2.05) is 13.8 Å². The van der Waals surface area contributed by atoms with E-state index in [0.29, 0.717) is 19.1 Å². The van der Waals surface area contributed by atoms with Gasteiger partial charge in [-0.05, 0) is 26.7 Å². The van der Waals surface area contributed by atoms with Gasteiger partial charge in [0.1, 0.15) is 5.54 Å². The Labute approximate surface area is 117 Å². The van der Waals surface area contributed by atoms with Gasteiger partial charge in [-0.3, -0.25) is 5.32 Å². The molecule has 114 valence electrons. The molecule has 0 aromatic carbocycles. The molecular weight excluding hydrogens is 246 g/mol. The van der Waals surface area contributed by atoms with Crippen LogP contribution in [0.1, 0.15) is 34.6 Å². The quantitative estimate of drug-likeness (QED) is 0.485. The minimum Gasteiger partial charge on any atom is -0.468 e. The Morgan fingerprint density at radius 2 is 1.74 bits per heavy atom. The Morgan fingerprint density at radius 3 is 2.21 bits per heavy atom. The molecule has 1 unspecified atom stereocenters. The molecule has 0 rings (SSSR count). The van der Waals surface area contributed by atoms with Crippen LogP contribution in [0.25, 0.3) is 0 Å². The third-order valence-corrected chi connectivity index (χ3v) is 2.46. The van der Waals surface area contributed by atoms with Gasteiger partial charge in [0.15, 0.2) is 0 Å². The van der Waals surface area contributed by atoms with Crippen LogP contribution in [-0.4, -0.2) is 51.1 Å². The van der Waals surface area contributed by atoms with Crippen LogP contribution < -0.4 is 5.32 Å². The van der Waals surface area contributed by atoms with E-state index in [9.17, 15) is 4.79 Å². The van der Waals surface area contributed by atoms with Crippen molar-refractivity contribution in [2.45, 2.75) is 46.2 Å². The Bertz CT molecular complexity index is 256. The molecule has 1 atom stereocenters. The molecule has 0 aliphatic rings. The summed E-state index contributed by atoms with van der Waals surface area (Å²) in [6.45, 7) is 11.9. The Kier molecular flexibility index (Phi) is 8.97. The normalized spacial score (nSPS) is 14.7. The second kappa shape index (κ2) is 9.28. The van der Waals surface area contributed by atoms with E-state index < -0.39 is 5.54 Å². The van der Waals surface area contributed by atoms with Crippen LogP contribution in [0.3, 0.4) is 0 Å². The lowest BCUT2D eigenvalue weighted by Gasteiger charge is -2.29. The summed E-state index contributed by atoms with van der Waals surface area (Å²) < 4.78 is 15.7. The zero-order valence-corrected chi connectivity index (χ0v) is 13.1. The maximum atomic E-state index is 11.8. The minimum absolute atomic E-state index is 0.171. The van der Waals surface area contributed by atoms with Gasteiger partial charge in [0, 0.05) is 12.6 Å². The second-order valence-corrected chi connectivity index (χ2v) is 5.64. The summed E-state index contributed by atoms with van der Waals surface area (Å²) in [5.74, 6) is 0.201. The number of ether oxygens (including phenoxy) is 3. The van der Waals surface area contributed by atoms with E-state index in [1.165, 1.54) is 7.11 Å². The van der Waals surface area contributed by atoms with E-state index in [-0.39, 0.29) is 18.6 Å². The van der Waals surface area contributed by atoms with Crippen LogP contribution in [0.5, 0.6) is 0 Å². The summed E-state index contributed by atoms with van der Waals surface area (Å²) in [4.78, 5) is 11.8. The van der Waals surface area contributed by atoms with Gasteiger partial charge in [0.25, 0.3) is 0 Å². The van der Waals surface area contributed by atoms with Crippen molar-refractivity contribution in [2.75, 3.05) is 33.5 Å². The number of carbonyl (C=O) groups is 1. The molecule has 0 fully saturated rings. The third-order valence-electron chi connectivity index (χ3n) is 2.46. The predicted molar refractivity (Wildman–Crippen MR) is 75.2 cm³/mol. The Morgan fingerprint density at radius 1 is 1.16 bits per heavy atom. The first-order chi connectivity index (χ1) is 8.81. The fourth-order valence-corrected chi connectivity index (χ4v) is 1.74. The summed E-state index contributed by atoms with van der Waals surface area (Å²) in [5.41, 5.74) is -0.818. The smallest absolute Gasteiger partial charge is 0.328 e. The first kappa shape index (κ1) is 18.4. The van der Waals surface area contributed by atoms with Crippen molar-refractivity contribution in [1.82, 2.24) is 5.32 Å². The van der Waals surface area contributed by atoms with E-state index in [1.54, 1.807) is 6.92 Å². The number of esters is 1. The SMILES string of the molecule is COC(=O)C(C)(COCCOCC(C)C)NC(C)C. The molecule has 0 aromatic heterocycles. The van der Waals surface area contributed by atoms with E-state index in [2.05, 4.69) is 19.2 Å². The average Bonchev–Trinajstić information content (AvgIpc) is 2.31. The number of methoxy groups -OCH3 is 1. The minimum atomic E-state index is -0.818. The van der Waals surface area contributed by atoms with E-state index in [0.717, 1.165) is 6.61 Å². The van der Waals surface area contributed by atoms with Crippen LogP contribution in [0.2, 0.25) is 0 Å². The highest BCUT2D eigenvalue weighted by Crippen LogP contribution is 2.09. The van der Waals surface area contributed by atoms with Crippen molar-refractivity contribution in [3.05, 3.63) is 0 Å². The highest BCUT2D eigenvalue weighted by atomic mass is 16.5. The molecule has 19 heavy (non-hydrogen) atoms. The zero-order valence-electron chi connectivity index (χ0n) is 13.1. The molecule has 0 aliphatic carbocycles. The molecule has 0 spiro atoms. The van der Waals surface area contributed by atoms with Crippen molar-refractivity contribution in [2.24, 2.45) is 5.92 Å². The van der Waals surface area contributed by atoms with Crippen LogP contribution in [-0.2, 0) is 19.0 Å². The first-order valence-corrected chi connectivity index (χ1v) is 6.83. The second-order valence-electron chi connectivity index (χ2n) is 5.64. The molecule has 0 aromatic rings. The average molecular weight is 275 g/mol. The molecular formula is C14H29NO4. The van der Waals surface area contributed by atoms with Gasteiger partial charge in [-0.15, -0.1) is 0 Å². The topological polar surface area (TPSA) is 56.8 Å². The molecule has 0 heterocycles. The van der Waals surface area contributed by atoms with Gasteiger partial charge in [-0.2, -0.15) is 0 Å². The zero-order chi connectivity index (χ0) is 14.9. The van der Waals surface area contributed by atoms with Crippen LogP contribution in [0.15, 0.2) is 0 Å². The lowest BCUT2D eigenvalue weighted by atomic mass is 10.0. The van der Waals surface area contributed by atoms with Crippen molar-refractivity contribution in [1.29, 1.82) is 0 Å². The van der Waals surface area contributed by atoms with Gasteiger partial charge >= 0.3 is 5.97 Å². The molecule has 0 bridgehead atoms. The highest BCUT2D eigenvalue weighted by molar-refractivity contribution is 5.80. The monoisotopic (exact) mass is 275 g/mol. The van der Waals surface area contributed by atoms with Crippen molar-refractivity contribution in [3.63, 3.8) is 0 Å². The molecule has 0 saturated heterocycles. The van der Waals surface area contributed by atoms with Gasteiger partial charge in [0.05, 0.1) is 26.9 Å². The largest absolute Gasteiger partial charge is 0.468 e. The highest BCUT2D eigenvalue weighted by Gasteiger charge is 2.35. The number of rotatable bonds is 10.